The minimum atomic E-state index is -4.03. The number of amides is 1. The van der Waals surface area contributed by atoms with Gasteiger partial charge in [0.25, 0.3) is 5.91 Å². The van der Waals surface area contributed by atoms with Crippen molar-refractivity contribution in [3.8, 4) is 11.8 Å². The minimum Gasteiger partial charge on any atom is -0.378 e. The molecule has 1 unspecified atom stereocenters. The maximum Gasteiger partial charge on any atom is 0.255 e. The van der Waals surface area contributed by atoms with Gasteiger partial charge in [0.1, 0.15) is 5.60 Å². The van der Waals surface area contributed by atoms with Crippen LogP contribution in [0.2, 0.25) is 5.02 Å². The topological polar surface area (TPSA) is 83.5 Å². The van der Waals surface area contributed by atoms with E-state index in [1.165, 1.54) is 12.1 Å². The number of rotatable bonds is 4. The summed E-state index contributed by atoms with van der Waals surface area (Å²) in [6.07, 6.45) is 1.58. The van der Waals surface area contributed by atoms with E-state index in [0.717, 1.165) is 11.6 Å². The Hall–Kier alpha value is -3.32. The van der Waals surface area contributed by atoms with Gasteiger partial charge in [-0.2, -0.15) is 0 Å². The van der Waals surface area contributed by atoms with Gasteiger partial charge in [-0.15, -0.1) is 0 Å². The average molecular weight is 574 g/mol. The molecule has 0 spiro atoms. The Morgan fingerprint density at radius 3 is 2.21 bits per heavy atom. The third-order valence-corrected chi connectivity index (χ3v) is 10.2. The standard InChI is InChI=1S/C29H23ClF3NO4S/c30-22-9-8-18(28(35)34-21-13-23(31)26(33)24(32)14-21)12-25(22)39(37,38)27-19-6-7-20(27)16-29(36,15-19)11-10-17-4-2-1-3-5-17/h1-5,8-9,12-14,19-20,27,36H,6-7,15-16H2,(H,34,35)/t19-,20?,27+,29+/m0/s1. The van der Waals surface area contributed by atoms with Gasteiger partial charge in [0.15, 0.2) is 27.3 Å². The number of fused-ring (bicyclic) bond motifs is 2. The second-order valence-electron chi connectivity index (χ2n) is 10.0. The smallest absolute Gasteiger partial charge is 0.255 e. The molecule has 2 aliphatic rings. The molecule has 0 heterocycles. The van der Waals surface area contributed by atoms with Crippen molar-refractivity contribution in [2.24, 2.45) is 11.8 Å². The van der Waals surface area contributed by atoms with Gasteiger partial charge in [-0.3, -0.25) is 4.79 Å². The molecule has 10 heteroatoms. The van der Waals surface area contributed by atoms with Crippen LogP contribution in [0.4, 0.5) is 18.9 Å². The van der Waals surface area contributed by atoms with Gasteiger partial charge in [-0.1, -0.05) is 41.6 Å². The third kappa shape index (κ3) is 5.42. The molecule has 39 heavy (non-hydrogen) atoms. The normalized spacial score (nSPS) is 24.1. The highest BCUT2D eigenvalue weighted by atomic mass is 35.5. The summed E-state index contributed by atoms with van der Waals surface area (Å²) in [6, 6.07) is 14.1. The fourth-order valence-corrected chi connectivity index (χ4v) is 8.53. The molecule has 1 amide bonds. The van der Waals surface area contributed by atoms with E-state index >= 15 is 0 Å². The summed E-state index contributed by atoms with van der Waals surface area (Å²) in [5, 5.41) is 12.6. The highest BCUT2D eigenvalue weighted by molar-refractivity contribution is 7.92. The van der Waals surface area contributed by atoms with Crippen LogP contribution >= 0.6 is 11.6 Å². The van der Waals surface area contributed by atoms with Crippen molar-refractivity contribution >= 4 is 33.0 Å². The quantitative estimate of drug-likeness (QED) is 0.307. The number of aliphatic hydroxyl groups is 1. The van der Waals surface area contributed by atoms with E-state index in [4.69, 9.17) is 11.6 Å². The molecule has 4 atom stereocenters. The van der Waals surface area contributed by atoms with E-state index in [9.17, 15) is 31.5 Å². The predicted octanol–water partition coefficient (Wildman–Crippen LogP) is 5.75. The fraction of sp³-hybridized carbons (Fsp3) is 0.276. The van der Waals surface area contributed by atoms with Crippen LogP contribution in [0, 0.1) is 41.1 Å². The number of hydrogen-bond donors (Lipinski definition) is 2. The lowest BCUT2D eigenvalue weighted by Gasteiger charge is -2.38. The number of hydrogen-bond acceptors (Lipinski definition) is 4. The predicted molar refractivity (Wildman–Crippen MR) is 140 cm³/mol. The van der Waals surface area contributed by atoms with E-state index in [0.29, 0.717) is 25.0 Å². The Morgan fingerprint density at radius 1 is 0.974 bits per heavy atom. The molecule has 2 N–H and O–H groups in total. The third-order valence-electron chi connectivity index (χ3n) is 7.35. The first kappa shape index (κ1) is 27.3. The van der Waals surface area contributed by atoms with Gasteiger partial charge in [0.2, 0.25) is 0 Å². The molecule has 3 aromatic rings. The maximum absolute atomic E-state index is 13.8. The number of anilines is 1. The summed E-state index contributed by atoms with van der Waals surface area (Å²) in [4.78, 5) is 12.5. The lowest BCUT2D eigenvalue weighted by molar-refractivity contribution is 0.0340. The van der Waals surface area contributed by atoms with E-state index in [1.807, 2.05) is 30.3 Å². The lowest BCUT2D eigenvalue weighted by Crippen LogP contribution is -2.45. The van der Waals surface area contributed by atoms with Crippen molar-refractivity contribution in [2.45, 2.75) is 41.4 Å². The van der Waals surface area contributed by atoms with Gasteiger partial charge in [-0.25, -0.2) is 21.6 Å². The Kier molecular flexibility index (Phi) is 7.23. The van der Waals surface area contributed by atoms with Crippen LogP contribution in [0.3, 0.4) is 0 Å². The van der Waals surface area contributed by atoms with Crippen molar-refractivity contribution in [3.63, 3.8) is 0 Å². The molecule has 202 valence electrons. The fourth-order valence-electron chi connectivity index (χ4n) is 5.69. The Bertz CT molecular complexity index is 1580. The van der Waals surface area contributed by atoms with Gasteiger partial charge in [0, 0.05) is 28.9 Å². The van der Waals surface area contributed by atoms with E-state index in [1.54, 1.807) is 0 Å². The Labute approximate surface area is 228 Å². The summed E-state index contributed by atoms with van der Waals surface area (Å²) >= 11 is 6.29. The van der Waals surface area contributed by atoms with Crippen LogP contribution in [0.5, 0.6) is 0 Å². The summed E-state index contributed by atoms with van der Waals surface area (Å²) in [6.45, 7) is 0. The highest BCUT2D eigenvalue weighted by Gasteiger charge is 2.54. The Balaban J connectivity index is 1.39. The molecule has 3 aromatic carbocycles. The zero-order chi connectivity index (χ0) is 27.9. The SMILES string of the molecule is O=C(Nc1cc(F)c(F)c(F)c1)c1ccc(Cl)c(S(=O)(=O)[C@H]2C3CC[C@H]2C[C@](O)(C#Cc2ccccc2)C3)c1. The summed E-state index contributed by atoms with van der Waals surface area (Å²) in [7, 11) is -4.03. The van der Waals surface area contributed by atoms with Crippen LogP contribution in [0.15, 0.2) is 65.6 Å². The second kappa shape index (κ2) is 10.3. The van der Waals surface area contributed by atoms with Crippen molar-refractivity contribution in [1.82, 2.24) is 0 Å². The number of carbonyl (C=O) groups is 1. The maximum atomic E-state index is 13.8. The molecule has 5 nitrogen and oxygen atoms in total. The number of halogens is 4. The zero-order valence-electron chi connectivity index (χ0n) is 20.4. The number of benzene rings is 3. The molecule has 0 saturated heterocycles. The lowest BCUT2D eigenvalue weighted by atomic mass is 9.77. The molecule has 2 aliphatic carbocycles. The van der Waals surface area contributed by atoms with Gasteiger partial charge >= 0.3 is 0 Å². The number of sulfone groups is 1. The summed E-state index contributed by atoms with van der Waals surface area (Å²) in [5.41, 5.74) is -1.02. The van der Waals surface area contributed by atoms with Crippen molar-refractivity contribution < 1.29 is 31.5 Å². The van der Waals surface area contributed by atoms with Crippen molar-refractivity contribution in [2.75, 3.05) is 5.32 Å². The molecule has 0 aliphatic heterocycles. The zero-order valence-corrected chi connectivity index (χ0v) is 22.0. The molecule has 5 rings (SSSR count). The first-order chi connectivity index (χ1) is 18.5. The molecule has 2 fully saturated rings. The Morgan fingerprint density at radius 2 is 1.59 bits per heavy atom. The van der Waals surface area contributed by atoms with Crippen LogP contribution in [-0.2, 0) is 9.84 Å². The van der Waals surface area contributed by atoms with Crippen molar-refractivity contribution in [1.29, 1.82) is 0 Å². The van der Waals surface area contributed by atoms with E-state index < -0.39 is 44.0 Å². The summed E-state index contributed by atoms with van der Waals surface area (Å²) < 4.78 is 68.0. The molecule has 0 aromatic heterocycles. The van der Waals surface area contributed by atoms with Crippen LogP contribution in [0.1, 0.15) is 41.6 Å². The van der Waals surface area contributed by atoms with Gasteiger partial charge in [-0.05, 0) is 67.9 Å². The number of nitrogens with one attached hydrogen (secondary N) is 1. The monoisotopic (exact) mass is 573 g/mol. The molecular formula is C29H23ClF3NO4S. The average Bonchev–Trinajstić information content (AvgIpc) is 3.20. The first-order valence-corrected chi connectivity index (χ1v) is 14.2. The molecular weight excluding hydrogens is 551 g/mol. The summed E-state index contributed by atoms with van der Waals surface area (Å²) in [5.74, 6) is -0.271. The van der Waals surface area contributed by atoms with Gasteiger partial charge < -0.3 is 10.4 Å². The van der Waals surface area contributed by atoms with E-state index in [-0.39, 0.29) is 45.8 Å². The van der Waals surface area contributed by atoms with Crippen LogP contribution < -0.4 is 5.32 Å². The molecule has 0 radical (unpaired) electrons. The van der Waals surface area contributed by atoms with E-state index in [2.05, 4.69) is 17.2 Å². The first-order valence-electron chi connectivity index (χ1n) is 12.3. The molecule has 2 bridgehead atoms. The molecule has 2 saturated carbocycles. The van der Waals surface area contributed by atoms with Crippen LogP contribution in [0.25, 0.3) is 0 Å². The van der Waals surface area contributed by atoms with Crippen molar-refractivity contribution in [3.05, 3.63) is 94.3 Å². The largest absolute Gasteiger partial charge is 0.378 e. The minimum absolute atomic E-state index is 0.0745. The van der Waals surface area contributed by atoms with Crippen LogP contribution in [-0.4, -0.2) is 30.3 Å². The van der Waals surface area contributed by atoms with Gasteiger partial charge in [0.05, 0.1) is 15.2 Å². The number of carbonyl (C=O) groups excluding carboxylic acids is 1. The highest BCUT2D eigenvalue weighted by Crippen LogP contribution is 2.51. The second-order valence-corrected chi connectivity index (χ2v) is 12.5.